The number of hydrogen-bond donors (Lipinski definition) is 0. The van der Waals surface area contributed by atoms with Gasteiger partial charge in [0, 0.05) is 6.54 Å². The van der Waals surface area contributed by atoms with Crippen molar-refractivity contribution in [2.45, 2.75) is 39.7 Å². The Morgan fingerprint density at radius 2 is 2.08 bits per heavy atom. The largest absolute Gasteiger partial charge is 0.288 e. The molecule has 0 aromatic rings. The van der Waals surface area contributed by atoms with Crippen LogP contribution in [0, 0.1) is 23.2 Å². The van der Waals surface area contributed by atoms with Crippen LogP contribution in [0.3, 0.4) is 0 Å². The van der Waals surface area contributed by atoms with Crippen molar-refractivity contribution in [3.05, 3.63) is 0 Å². The number of rotatable bonds is 1. The molecule has 2 heteroatoms. The highest BCUT2D eigenvalue weighted by atomic mass is 15.1. The Labute approximate surface area is 81.5 Å². The molecule has 1 saturated heterocycles. The smallest absolute Gasteiger partial charge is 0.0949 e. The molecule has 0 aromatic heterocycles. The maximum absolute atomic E-state index is 8.84. The first-order valence-corrected chi connectivity index (χ1v) is 5.27. The van der Waals surface area contributed by atoms with E-state index >= 15 is 0 Å². The second-order valence-corrected chi connectivity index (χ2v) is 4.53. The fourth-order valence-electron chi connectivity index (χ4n) is 2.19. The summed E-state index contributed by atoms with van der Waals surface area (Å²) in [6, 6.07) is 2.41. The van der Waals surface area contributed by atoms with Crippen molar-refractivity contribution in [1.82, 2.24) is 4.90 Å². The lowest BCUT2D eigenvalue weighted by Gasteiger charge is -2.24. The van der Waals surface area contributed by atoms with Crippen molar-refractivity contribution < 1.29 is 0 Å². The van der Waals surface area contributed by atoms with E-state index in [-0.39, 0.29) is 6.04 Å². The maximum atomic E-state index is 8.84. The summed E-state index contributed by atoms with van der Waals surface area (Å²) < 4.78 is 0. The van der Waals surface area contributed by atoms with Crippen molar-refractivity contribution >= 4 is 0 Å². The molecule has 0 saturated carbocycles. The third-order valence-corrected chi connectivity index (χ3v) is 2.99. The van der Waals surface area contributed by atoms with E-state index in [2.05, 4.69) is 24.8 Å². The Balaban J connectivity index is 2.53. The van der Waals surface area contributed by atoms with Crippen LogP contribution in [0.1, 0.15) is 33.6 Å². The average molecular weight is 180 g/mol. The van der Waals surface area contributed by atoms with Crippen molar-refractivity contribution in [3.8, 4) is 6.07 Å². The van der Waals surface area contributed by atoms with Crippen molar-refractivity contribution in [3.63, 3.8) is 0 Å². The fraction of sp³-hybridized carbons (Fsp3) is 0.909. The molecule has 0 aliphatic carbocycles. The predicted molar refractivity (Wildman–Crippen MR) is 54.2 cm³/mol. The third kappa shape index (κ3) is 3.00. The van der Waals surface area contributed by atoms with E-state index in [9.17, 15) is 0 Å². The molecule has 74 valence electrons. The quantitative estimate of drug-likeness (QED) is 0.619. The molecule has 1 rings (SSSR count). The van der Waals surface area contributed by atoms with E-state index in [1.807, 2.05) is 6.92 Å². The normalized spacial score (nSPS) is 33.4. The van der Waals surface area contributed by atoms with E-state index in [0.29, 0.717) is 0 Å². The highest BCUT2D eigenvalue weighted by Crippen LogP contribution is 2.22. The van der Waals surface area contributed by atoms with Gasteiger partial charge in [0.15, 0.2) is 0 Å². The van der Waals surface area contributed by atoms with Crippen molar-refractivity contribution in [2.24, 2.45) is 11.8 Å². The second kappa shape index (κ2) is 4.62. The minimum absolute atomic E-state index is 0.0905. The number of nitriles is 1. The summed E-state index contributed by atoms with van der Waals surface area (Å²) in [5.41, 5.74) is 0. The first-order chi connectivity index (χ1) is 6.13. The SMILES string of the molecule is CC1CCN(C(C)C#N)CC(C)C1. The Kier molecular flexibility index (Phi) is 3.74. The third-order valence-electron chi connectivity index (χ3n) is 2.99. The lowest BCUT2D eigenvalue weighted by molar-refractivity contribution is 0.230. The van der Waals surface area contributed by atoms with Gasteiger partial charge in [0.25, 0.3) is 0 Å². The first-order valence-electron chi connectivity index (χ1n) is 5.27. The Morgan fingerprint density at radius 1 is 1.38 bits per heavy atom. The van der Waals surface area contributed by atoms with Gasteiger partial charge in [-0.2, -0.15) is 5.26 Å². The van der Waals surface area contributed by atoms with Gasteiger partial charge in [0.2, 0.25) is 0 Å². The van der Waals surface area contributed by atoms with Gasteiger partial charge in [-0.05, 0) is 38.1 Å². The van der Waals surface area contributed by atoms with Gasteiger partial charge in [-0.3, -0.25) is 4.90 Å². The predicted octanol–water partition coefficient (Wildman–Crippen LogP) is 2.27. The number of likely N-dealkylation sites (tertiary alicyclic amines) is 1. The van der Waals surface area contributed by atoms with Gasteiger partial charge in [-0.25, -0.2) is 0 Å². The molecule has 0 spiro atoms. The number of hydrogen-bond acceptors (Lipinski definition) is 2. The molecule has 0 aromatic carbocycles. The van der Waals surface area contributed by atoms with Crippen molar-refractivity contribution in [2.75, 3.05) is 13.1 Å². The van der Waals surface area contributed by atoms with Crippen LogP contribution in [-0.4, -0.2) is 24.0 Å². The lowest BCUT2D eigenvalue weighted by Crippen LogP contribution is -2.34. The monoisotopic (exact) mass is 180 g/mol. The zero-order valence-corrected chi connectivity index (χ0v) is 8.95. The highest BCUT2D eigenvalue weighted by molar-refractivity contribution is 4.89. The van der Waals surface area contributed by atoms with Gasteiger partial charge >= 0.3 is 0 Å². The lowest BCUT2D eigenvalue weighted by atomic mass is 9.97. The van der Waals surface area contributed by atoms with Gasteiger partial charge in [0.05, 0.1) is 12.1 Å². The zero-order chi connectivity index (χ0) is 9.84. The fourth-order valence-corrected chi connectivity index (χ4v) is 2.19. The Hall–Kier alpha value is -0.550. The van der Waals surface area contributed by atoms with Crippen LogP contribution in [0.5, 0.6) is 0 Å². The molecule has 3 atom stereocenters. The average Bonchev–Trinajstić information content (AvgIpc) is 2.25. The summed E-state index contributed by atoms with van der Waals surface area (Å²) in [4.78, 5) is 2.31. The summed E-state index contributed by atoms with van der Waals surface area (Å²) in [7, 11) is 0. The minimum atomic E-state index is 0.0905. The zero-order valence-electron chi connectivity index (χ0n) is 8.95. The summed E-state index contributed by atoms with van der Waals surface area (Å²) >= 11 is 0. The van der Waals surface area contributed by atoms with Gasteiger partial charge in [-0.15, -0.1) is 0 Å². The summed E-state index contributed by atoms with van der Waals surface area (Å²) in [5, 5.41) is 8.84. The van der Waals surface area contributed by atoms with Crippen LogP contribution >= 0.6 is 0 Å². The van der Waals surface area contributed by atoms with Crippen molar-refractivity contribution in [1.29, 1.82) is 5.26 Å². The van der Waals surface area contributed by atoms with Crippen LogP contribution in [0.4, 0.5) is 0 Å². The van der Waals surface area contributed by atoms with Crippen LogP contribution in [0.15, 0.2) is 0 Å². The molecule has 13 heavy (non-hydrogen) atoms. The molecule has 1 aliphatic heterocycles. The Morgan fingerprint density at radius 3 is 2.69 bits per heavy atom. The van der Waals surface area contributed by atoms with Gasteiger partial charge in [-0.1, -0.05) is 13.8 Å². The topological polar surface area (TPSA) is 27.0 Å². The number of nitrogens with zero attached hydrogens (tertiary/aromatic N) is 2. The van der Waals surface area contributed by atoms with Crippen LogP contribution in [0.25, 0.3) is 0 Å². The first kappa shape index (κ1) is 10.5. The minimum Gasteiger partial charge on any atom is -0.288 e. The summed E-state index contributed by atoms with van der Waals surface area (Å²) in [6.07, 6.45) is 2.56. The van der Waals surface area contributed by atoms with Gasteiger partial charge in [0.1, 0.15) is 0 Å². The van der Waals surface area contributed by atoms with Crippen LogP contribution < -0.4 is 0 Å². The van der Waals surface area contributed by atoms with E-state index in [1.54, 1.807) is 0 Å². The van der Waals surface area contributed by atoms with Gasteiger partial charge < -0.3 is 0 Å². The van der Waals surface area contributed by atoms with E-state index in [1.165, 1.54) is 12.8 Å². The standard InChI is InChI=1S/C11H20N2/c1-9-4-5-13(11(3)7-12)8-10(2)6-9/h9-11H,4-6,8H2,1-3H3. The molecule has 0 N–H and O–H groups in total. The molecule has 0 radical (unpaired) electrons. The maximum Gasteiger partial charge on any atom is 0.0949 e. The molecule has 1 fully saturated rings. The molecular weight excluding hydrogens is 160 g/mol. The van der Waals surface area contributed by atoms with E-state index < -0.39 is 0 Å². The highest BCUT2D eigenvalue weighted by Gasteiger charge is 2.21. The summed E-state index contributed by atoms with van der Waals surface area (Å²) in [5.74, 6) is 1.57. The molecule has 1 aliphatic rings. The summed E-state index contributed by atoms with van der Waals surface area (Å²) in [6.45, 7) is 8.80. The Bertz CT molecular complexity index is 195. The van der Waals surface area contributed by atoms with E-state index in [4.69, 9.17) is 5.26 Å². The van der Waals surface area contributed by atoms with Crippen LogP contribution in [-0.2, 0) is 0 Å². The molecule has 3 unspecified atom stereocenters. The molecule has 0 amide bonds. The molecule has 2 nitrogen and oxygen atoms in total. The second-order valence-electron chi connectivity index (χ2n) is 4.53. The van der Waals surface area contributed by atoms with E-state index in [0.717, 1.165) is 24.9 Å². The molecular formula is C11H20N2. The molecule has 0 bridgehead atoms. The van der Waals surface area contributed by atoms with Crippen LogP contribution in [0.2, 0.25) is 0 Å². The molecule has 1 heterocycles.